The van der Waals surface area contributed by atoms with Crippen LogP contribution in [0.5, 0.6) is 0 Å². The highest BCUT2D eigenvalue weighted by Crippen LogP contribution is 2.32. The molecule has 0 bridgehead atoms. The lowest BCUT2D eigenvalue weighted by atomic mass is 10.0. The Labute approximate surface area is 128 Å². The van der Waals surface area contributed by atoms with E-state index in [0.717, 1.165) is 12.8 Å². The van der Waals surface area contributed by atoms with Gasteiger partial charge in [0.1, 0.15) is 6.17 Å². The molecule has 1 aliphatic heterocycles. The number of hydrogen-bond acceptors (Lipinski definition) is 2. The minimum absolute atomic E-state index is 0.0115. The van der Waals surface area contributed by atoms with Crippen LogP contribution in [0.15, 0.2) is 24.3 Å². The highest BCUT2D eigenvalue weighted by atomic mass is 16.2. The lowest BCUT2D eigenvalue weighted by Crippen LogP contribution is -2.38. The Morgan fingerprint density at radius 1 is 1.24 bits per heavy atom. The molecule has 0 spiro atoms. The zero-order valence-corrected chi connectivity index (χ0v) is 13.9. The van der Waals surface area contributed by atoms with Crippen LogP contribution in [-0.2, 0) is 4.79 Å². The summed E-state index contributed by atoms with van der Waals surface area (Å²) in [5.74, 6) is 0.771. The molecule has 1 saturated heterocycles. The van der Waals surface area contributed by atoms with Crippen molar-refractivity contribution >= 4 is 5.91 Å². The van der Waals surface area contributed by atoms with Crippen LogP contribution in [0.25, 0.3) is 0 Å². The molecule has 0 radical (unpaired) electrons. The Hall–Kier alpha value is -1.35. The molecule has 21 heavy (non-hydrogen) atoms. The zero-order chi connectivity index (χ0) is 15.6. The molecule has 1 heterocycles. The van der Waals surface area contributed by atoms with Gasteiger partial charge in [-0.05, 0) is 43.7 Å². The molecule has 3 atom stereocenters. The minimum Gasteiger partial charge on any atom is -0.319 e. The van der Waals surface area contributed by atoms with Crippen molar-refractivity contribution in [3.05, 3.63) is 35.4 Å². The number of aryl methyl sites for hydroxylation is 1. The van der Waals surface area contributed by atoms with Gasteiger partial charge in [-0.3, -0.25) is 10.1 Å². The van der Waals surface area contributed by atoms with Gasteiger partial charge in [0.2, 0.25) is 5.91 Å². The van der Waals surface area contributed by atoms with Gasteiger partial charge in [0.05, 0.1) is 6.04 Å². The van der Waals surface area contributed by atoms with E-state index < -0.39 is 0 Å². The van der Waals surface area contributed by atoms with Gasteiger partial charge < -0.3 is 4.90 Å². The van der Waals surface area contributed by atoms with Crippen molar-refractivity contribution in [2.75, 3.05) is 0 Å². The first-order valence-corrected chi connectivity index (χ1v) is 8.09. The third kappa shape index (κ3) is 3.29. The summed E-state index contributed by atoms with van der Waals surface area (Å²) in [5.41, 5.74) is 2.46. The van der Waals surface area contributed by atoms with Crippen LogP contribution >= 0.6 is 0 Å². The van der Waals surface area contributed by atoms with Gasteiger partial charge in [0.15, 0.2) is 0 Å². The molecule has 116 valence electrons. The first-order chi connectivity index (χ1) is 9.95. The average molecular weight is 288 g/mol. The van der Waals surface area contributed by atoms with Crippen LogP contribution in [0.2, 0.25) is 0 Å². The fourth-order valence-corrected chi connectivity index (χ4v) is 3.09. The normalized spacial score (nSPS) is 23.9. The molecule has 1 amide bonds. The van der Waals surface area contributed by atoms with Crippen molar-refractivity contribution in [3.8, 4) is 0 Å². The van der Waals surface area contributed by atoms with Crippen LogP contribution in [0.4, 0.5) is 0 Å². The predicted octanol–water partition coefficient (Wildman–Crippen LogP) is 3.64. The SMILES string of the molecule is CCC(C)N1C(=O)C(CC(C)C)NC1c1ccccc1C. The second-order valence-corrected chi connectivity index (χ2v) is 6.61. The van der Waals surface area contributed by atoms with Crippen LogP contribution in [0, 0.1) is 12.8 Å². The summed E-state index contributed by atoms with van der Waals surface area (Å²) in [4.78, 5) is 14.9. The second kappa shape index (κ2) is 6.61. The standard InChI is InChI=1S/C18H28N2O/c1-6-14(5)20-17(15-10-8-7-9-13(15)4)19-16(18(20)21)11-12(2)3/h7-10,12,14,16-17,19H,6,11H2,1-5H3. The lowest BCUT2D eigenvalue weighted by molar-refractivity contribution is -0.132. The van der Waals surface area contributed by atoms with Crippen molar-refractivity contribution in [3.63, 3.8) is 0 Å². The number of benzene rings is 1. The number of hydrogen-bond donors (Lipinski definition) is 1. The maximum absolute atomic E-state index is 12.8. The van der Waals surface area contributed by atoms with Crippen LogP contribution in [-0.4, -0.2) is 22.9 Å². The average Bonchev–Trinajstić information content (AvgIpc) is 2.75. The molecule has 1 fully saturated rings. The van der Waals surface area contributed by atoms with E-state index in [1.165, 1.54) is 11.1 Å². The number of amides is 1. The summed E-state index contributed by atoms with van der Waals surface area (Å²) >= 11 is 0. The molecular weight excluding hydrogens is 260 g/mol. The number of carbonyl (C=O) groups excluding carboxylic acids is 1. The molecule has 3 nitrogen and oxygen atoms in total. The largest absolute Gasteiger partial charge is 0.319 e. The van der Waals surface area contributed by atoms with Crippen LogP contribution < -0.4 is 5.32 Å². The Bertz CT molecular complexity index is 498. The monoisotopic (exact) mass is 288 g/mol. The van der Waals surface area contributed by atoms with Crippen molar-refractivity contribution in [1.29, 1.82) is 0 Å². The van der Waals surface area contributed by atoms with Crippen molar-refractivity contribution in [1.82, 2.24) is 10.2 Å². The summed E-state index contributed by atoms with van der Waals surface area (Å²) in [6, 6.07) is 8.56. The minimum atomic E-state index is -0.0522. The van der Waals surface area contributed by atoms with Gasteiger partial charge in [-0.1, -0.05) is 45.0 Å². The summed E-state index contributed by atoms with van der Waals surface area (Å²) in [6.07, 6.45) is 1.88. The Kier molecular flexibility index (Phi) is 5.04. The predicted molar refractivity (Wildman–Crippen MR) is 86.9 cm³/mol. The Morgan fingerprint density at radius 2 is 1.90 bits per heavy atom. The third-order valence-electron chi connectivity index (χ3n) is 4.45. The highest BCUT2D eigenvalue weighted by molar-refractivity contribution is 5.85. The molecule has 1 aliphatic rings. The van der Waals surface area contributed by atoms with Crippen LogP contribution in [0.1, 0.15) is 57.8 Å². The third-order valence-corrected chi connectivity index (χ3v) is 4.45. The van der Waals surface area contributed by atoms with E-state index in [9.17, 15) is 4.79 Å². The lowest BCUT2D eigenvalue weighted by Gasteiger charge is -2.30. The first-order valence-electron chi connectivity index (χ1n) is 8.09. The topological polar surface area (TPSA) is 32.3 Å². The van der Waals surface area contributed by atoms with E-state index in [2.05, 4.69) is 69.1 Å². The first kappa shape index (κ1) is 16.0. The van der Waals surface area contributed by atoms with Gasteiger partial charge in [-0.15, -0.1) is 0 Å². The molecule has 1 aromatic rings. The summed E-state index contributed by atoms with van der Waals surface area (Å²) in [7, 11) is 0. The van der Waals surface area contributed by atoms with E-state index >= 15 is 0 Å². The van der Waals surface area contributed by atoms with Gasteiger partial charge in [-0.25, -0.2) is 0 Å². The fourth-order valence-electron chi connectivity index (χ4n) is 3.09. The molecule has 2 rings (SSSR count). The second-order valence-electron chi connectivity index (χ2n) is 6.61. The maximum atomic E-state index is 12.8. The van der Waals surface area contributed by atoms with Gasteiger partial charge in [0.25, 0.3) is 0 Å². The summed E-state index contributed by atoms with van der Waals surface area (Å²) in [5, 5.41) is 3.57. The molecule has 0 aromatic heterocycles. The van der Waals surface area contributed by atoms with Gasteiger partial charge in [-0.2, -0.15) is 0 Å². The maximum Gasteiger partial charge on any atom is 0.241 e. The Balaban J connectivity index is 2.33. The molecule has 3 heteroatoms. The molecule has 0 saturated carbocycles. The van der Waals surface area contributed by atoms with E-state index in [-0.39, 0.29) is 24.2 Å². The number of carbonyl (C=O) groups is 1. The highest BCUT2D eigenvalue weighted by Gasteiger charge is 2.41. The van der Waals surface area contributed by atoms with Crippen molar-refractivity contribution in [2.24, 2.45) is 5.92 Å². The molecule has 0 aliphatic carbocycles. The van der Waals surface area contributed by atoms with Crippen molar-refractivity contribution in [2.45, 2.75) is 65.7 Å². The summed E-state index contributed by atoms with van der Waals surface area (Å²) < 4.78 is 0. The number of nitrogens with one attached hydrogen (secondary N) is 1. The van der Waals surface area contributed by atoms with E-state index in [1.54, 1.807) is 0 Å². The van der Waals surface area contributed by atoms with Gasteiger partial charge >= 0.3 is 0 Å². The number of rotatable bonds is 5. The zero-order valence-electron chi connectivity index (χ0n) is 13.9. The van der Waals surface area contributed by atoms with Crippen molar-refractivity contribution < 1.29 is 4.79 Å². The van der Waals surface area contributed by atoms with E-state index in [4.69, 9.17) is 0 Å². The molecule has 1 N–H and O–H groups in total. The Morgan fingerprint density at radius 3 is 2.48 bits per heavy atom. The quantitative estimate of drug-likeness (QED) is 0.897. The van der Waals surface area contributed by atoms with E-state index in [0.29, 0.717) is 5.92 Å². The molecule has 1 aromatic carbocycles. The molecular formula is C18H28N2O. The fraction of sp³-hybridized carbons (Fsp3) is 0.611. The smallest absolute Gasteiger partial charge is 0.241 e. The van der Waals surface area contributed by atoms with E-state index in [1.807, 2.05) is 0 Å². The number of nitrogens with zero attached hydrogens (tertiary/aromatic N) is 1. The van der Waals surface area contributed by atoms with Crippen LogP contribution in [0.3, 0.4) is 0 Å². The summed E-state index contributed by atoms with van der Waals surface area (Å²) in [6.45, 7) is 10.7. The van der Waals surface area contributed by atoms with Gasteiger partial charge in [0, 0.05) is 6.04 Å². The molecule has 3 unspecified atom stereocenters.